The molecule has 0 saturated carbocycles. The standard InChI is InChI=1S/C14H24F9NSi/c1-24(2)25(9-3-6-12(15,16)17,10-4-7-13(18,19)20)11-5-8-14(21,22)23/h3-11H2,1-2H3. The number of nitrogens with zero attached hydrogens (tertiary/aromatic N) is 1. The minimum Gasteiger partial charge on any atom is -0.329 e. The van der Waals surface area contributed by atoms with Gasteiger partial charge in [-0.15, -0.1) is 0 Å². The first-order valence-electron chi connectivity index (χ1n) is 7.94. The Morgan fingerprint density at radius 1 is 0.560 bits per heavy atom. The molecule has 25 heavy (non-hydrogen) atoms. The van der Waals surface area contributed by atoms with Crippen molar-refractivity contribution in [2.24, 2.45) is 0 Å². The van der Waals surface area contributed by atoms with E-state index in [-0.39, 0.29) is 37.4 Å². The van der Waals surface area contributed by atoms with Crippen LogP contribution in [0.4, 0.5) is 39.5 Å². The Morgan fingerprint density at radius 2 is 0.800 bits per heavy atom. The molecule has 0 aromatic carbocycles. The number of hydrogen-bond acceptors (Lipinski definition) is 1. The van der Waals surface area contributed by atoms with Crippen molar-refractivity contribution in [2.45, 2.75) is 75.2 Å². The first-order valence-corrected chi connectivity index (χ1v) is 10.5. The van der Waals surface area contributed by atoms with Gasteiger partial charge >= 0.3 is 18.5 Å². The molecule has 152 valence electrons. The normalized spacial score (nSPS) is 14.4. The molecule has 1 nitrogen and oxygen atoms in total. The third-order valence-corrected chi connectivity index (χ3v) is 10.0. The van der Waals surface area contributed by atoms with Crippen molar-refractivity contribution in [1.29, 1.82) is 0 Å². The maximum atomic E-state index is 12.4. The molecule has 0 rings (SSSR count). The Balaban J connectivity index is 4.97. The molecule has 0 fully saturated rings. The number of rotatable bonds is 10. The lowest BCUT2D eigenvalue weighted by Gasteiger charge is -2.39. The van der Waals surface area contributed by atoms with Crippen LogP contribution in [-0.4, -0.2) is 45.4 Å². The van der Waals surface area contributed by atoms with Crippen molar-refractivity contribution in [3.63, 3.8) is 0 Å². The second-order valence-electron chi connectivity index (χ2n) is 6.52. The summed E-state index contributed by atoms with van der Waals surface area (Å²) in [6.45, 7) is 0. The van der Waals surface area contributed by atoms with Gasteiger partial charge in [0.05, 0.1) is 0 Å². The monoisotopic (exact) mass is 405 g/mol. The highest BCUT2D eigenvalue weighted by Gasteiger charge is 2.39. The number of halogens is 9. The second-order valence-corrected chi connectivity index (χ2v) is 11.4. The molecule has 0 aliphatic carbocycles. The Hall–Kier alpha value is -0.453. The van der Waals surface area contributed by atoms with Crippen LogP contribution in [0.3, 0.4) is 0 Å². The van der Waals surface area contributed by atoms with E-state index in [0.717, 1.165) is 0 Å². The molecule has 0 N–H and O–H groups in total. The quantitative estimate of drug-likeness (QED) is 0.295. The average molecular weight is 405 g/mol. The van der Waals surface area contributed by atoms with E-state index < -0.39 is 46.0 Å². The van der Waals surface area contributed by atoms with Gasteiger partial charge in [0.1, 0.15) is 8.24 Å². The largest absolute Gasteiger partial charge is 0.389 e. The lowest BCUT2D eigenvalue weighted by atomic mass is 10.3. The maximum absolute atomic E-state index is 12.4. The van der Waals surface area contributed by atoms with E-state index in [1.54, 1.807) is 18.7 Å². The average Bonchev–Trinajstić information content (AvgIpc) is 2.33. The predicted octanol–water partition coefficient (Wildman–Crippen LogP) is 6.52. The van der Waals surface area contributed by atoms with Crippen LogP contribution in [0, 0.1) is 0 Å². The van der Waals surface area contributed by atoms with Crippen LogP contribution in [0.25, 0.3) is 0 Å². The fourth-order valence-corrected chi connectivity index (χ4v) is 7.50. The van der Waals surface area contributed by atoms with Crippen LogP contribution in [0.1, 0.15) is 38.5 Å². The Bertz CT molecular complexity index is 324. The summed E-state index contributed by atoms with van der Waals surface area (Å²) in [5.41, 5.74) is 0. The van der Waals surface area contributed by atoms with Gasteiger partial charge in [-0.25, -0.2) is 0 Å². The third kappa shape index (κ3) is 12.5. The van der Waals surface area contributed by atoms with E-state index in [2.05, 4.69) is 0 Å². The molecule has 11 heteroatoms. The lowest BCUT2D eigenvalue weighted by Crippen LogP contribution is -2.49. The minimum absolute atomic E-state index is 0.0369. The summed E-state index contributed by atoms with van der Waals surface area (Å²) in [6.07, 6.45) is -17.2. The predicted molar refractivity (Wildman–Crippen MR) is 79.7 cm³/mol. The van der Waals surface area contributed by atoms with Gasteiger partial charge in [-0.2, -0.15) is 39.5 Å². The first-order chi connectivity index (χ1) is 11.1. The van der Waals surface area contributed by atoms with Crippen molar-refractivity contribution < 1.29 is 39.5 Å². The van der Waals surface area contributed by atoms with E-state index in [9.17, 15) is 39.5 Å². The third-order valence-electron chi connectivity index (χ3n) is 4.26. The summed E-state index contributed by atoms with van der Waals surface area (Å²) in [5.74, 6) is 0. The fourth-order valence-electron chi connectivity index (χ4n) is 2.90. The molecule has 0 spiro atoms. The molecule has 0 aromatic rings. The van der Waals surface area contributed by atoms with Crippen LogP contribution in [-0.2, 0) is 0 Å². The van der Waals surface area contributed by atoms with Gasteiger partial charge in [0.25, 0.3) is 0 Å². The topological polar surface area (TPSA) is 3.24 Å². The van der Waals surface area contributed by atoms with Crippen molar-refractivity contribution in [3.05, 3.63) is 0 Å². The van der Waals surface area contributed by atoms with Gasteiger partial charge in [0.2, 0.25) is 0 Å². The van der Waals surface area contributed by atoms with E-state index in [1.165, 1.54) is 0 Å². The molecule has 0 unspecified atom stereocenters. The SMILES string of the molecule is CN(C)[Si](CCCC(F)(F)F)(CCCC(F)(F)F)CCCC(F)(F)F. The second kappa shape index (κ2) is 9.47. The van der Waals surface area contributed by atoms with Crippen molar-refractivity contribution in [2.75, 3.05) is 14.1 Å². The summed E-state index contributed by atoms with van der Waals surface area (Å²) in [7, 11) is 0.246. The van der Waals surface area contributed by atoms with Crippen LogP contribution in [0.15, 0.2) is 0 Å². The maximum Gasteiger partial charge on any atom is 0.389 e. The Labute approximate surface area is 142 Å². The van der Waals surface area contributed by atoms with Gasteiger partial charge in [-0.1, -0.05) is 0 Å². The van der Waals surface area contributed by atoms with Crippen LogP contribution in [0.2, 0.25) is 18.1 Å². The zero-order chi connectivity index (χ0) is 19.9. The highest BCUT2D eigenvalue weighted by atomic mass is 28.3. The molecule has 0 radical (unpaired) electrons. The summed E-state index contributed by atoms with van der Waals surface area (Å²) < 4.78 is 113. The summed E-state index contributed by atoms with van der Waals surface area (Å²) in [6, 6.07) is 0.111. The van der Waals surface area contributed by atoms with Gasteiger partial charge < -0.3 is 4.57 Å². The van der Waals surface area contributed by atoms with Crippen LogP contribution in [0.5, 0.6) is 0 Å². The molecule has 0 heterocycles. The van der Waals surface area contributed by atoms with E-state index in [4.69, 9.17) is 0 Å². The van der Waals surface area contributed by atoms with Crippen molar-refractivity contribution >= 4 is 8.24 Å². The molecule has 0 atom stereocenters. The van der Waals surface area contributed by atoms with Gasteiger partial charge in [-0.3, -0.25) is 0 Å². The van der Waals surface area contributed by atoms with Crippen molar-refractivity contribution in [1.82, 2.24) is 4.57 Å². The summed E-state index contributed by atoms with van der Waals surface area (Å²) >= 11 is 0. The van der Waals surface area contributed by atoms with Crippen LogP contribution < -0.4 is 0 Å². The fraction of sp³-hybridized carbons (Fsp3) is 1.00. The highest BCUT2D eigenvalue weighted by Crippen LogP contribution is 2.35. The van der Waals surface area contributed by atoms with Crippen LogP contribution >= 0.6 is 0 Å². The number of alkyl halides is 9. The van der Waals surface area contributed by atoms with E-state index in [0.29, 0.717) is 0 Å². The number of hydrogen-bond donors (Lipinski definition) is 0. The van der Waals surface area contributed by atoms with Gasteiger partial charge in [-0.05, 0) is 51.5 Å². The first kappa shape index (κ1) is 24.5. The summed E-state index contributed by atoms with van der Waals surface area (Å²) in [4.78, 5) is 0. The van der Waals surface area contributed by atoms with E-state index in [1.807, 2.05) is 0 Å². The zero-order valence-corrected chi connectivity index (χ0v) is 15.2. The molecule has 0 saturated heterocycles. The smallest absolute Gasteiger partial charge is 0.329 e. The zero-order valence-electron chi connectivity index (χ0n) is 14.2. The Kier molecular flexibility index (Phi) is 9.30. The molecule has 0 bridgehead atoms. The van der Waals surface area contributed by atoms with E-state index >= 15 is 0 Å². The van der Waals surface area contributed by atoms with Crippen molar-refractivity contribution in [3.8, 4) is 0 Å². The van der Waals surface area contributed by atoms with Gasteiger partial charge in [0.15, 0.2) is 0 Å². The highest BCUT2D eigenvalue weighted by molar-refractivity contribution is 6.77. The lowest BCUT2D eigenvalue weighted by molar-refractivity contribution is -0.135. The summed E-state index contributed by atoms with van der Waals surface area (Å²) in [5, 5.41) is 0. The molecule has 0 aliphatic rings. The minimum atomic E-state index is -4.38. The molecule has 0 amide bonds. The molecular weight excluding hydrogens is 381 g/mol. The Morgan fingerprint density at radius 3 is 0.960 bits per heavy atom. The molecule has 0 aromatic heterocycles. The molecule has 0 aliphatic heterocycles. The molecular formula is C14H24F9NSi. The van der Waals surface area contributed by atoms with Gasteiger partial charge in [0, 0.05) is 19.3 Å².